The molecular formula is C17H14N4O. The number of para-hydroxylation sites is 1. The second-order valence-electron chi connectivity index (χ2n) is 5.11. The number of aliphatic imine (C=N–C) groups is 2. The first-order valence-corrected chi connectivity index (χ1v) is 7.14. The fourth-order valence-corrected chi connectivity index (χ4v) is 2.68. The van der Waals surface area contributed by atoms with E-state index in [1.807, 2.05) is 29.2 Å². The zero-order valence-corrected chi connectivity index (χ0v) is 11.8. The minimum atomic E-state index is 0.173. The van der Waals surface area contributed by atoms with Crippen LogP contribution in [0.5, 0.6) is 0 Å². The lowest BCUT2D eigenvalue weighted by Crippen LogP contribution is -2.36. The van der Waals surface area contributed by atoms with Gasteiger partial charge < -0.3 is 10.0 Å². The van der Waals surface area contributed by atoms with Gasteiger partial charge in [-0.25, -0.2) is 4.99 Å². The first-order chi connectivity index (χ1) is 10.8. The monoisotopic (exact) mass is 290 g/mol. The average molecular weight is 290 g/mol. The number of rotatable bonds is 2. The fourth-order valence-electron chi connectivity index (χ4n) is 2.68. The van der Waals surface area contributed by atoms with E-state index in [2.05, 4.69) is 15.0 Å². The quantitative estimate of drug-likeness (QED) is 0.865. The van der Waals surface area contributed by atoms with Crippen molar-refractivity contribution in [2.45, 2.75) is 0 Å². The predicted octanol–water partition coefficient (Wildman–Crippen LogP) is 2.79. The summed E-state index contributed by atoms with van der Waals surface area (Å²) >= 11 is 0. The van der Waals surface area contributed by atoms with Crippen molar-refractivity contribution < 1.29 is 5.11 Å². The SMILES string of the molecule is O/C(=C\C1=Nc2ccccc2C2=NCCN12)c1ccncc1. The van der Waals surface area contributed by atoms with Gasteiger partial charge in [0.2, 0.25) is 0 Å². The summed E-state index contributed by atoms with van der Waals surface area (Å²) in [6, 6.07) is 11.5. The van der Waals surface area contributed by atoms with Crippen LogP contribution in [0.3, 0.4) is 0 Å². The molecule has 2 aromatic rings. The molecule has 0 saturated heterocycles. The molecule has 108 valence electrons. The Morgan fingerprint density at radius 2 is 1.95 bits per heavy atom. The van der Waals surface area contributed by atoms with Crippen molar-refractivity contribution in [3.8, 4) is 0 Å². The lowest BCUT2D eigenvalue weighted by molar-refractivity contribution is 0.511. The van der Waals surface area contributed by atoms with E-state index in [9.17, 15) is 5.11 Å². The number of nitrogens with zero attached hydrogens (tertiary/aromatic N) is 4. The lowest BCUT2D eigenvalue weighted by Gasteiger charge is -2.25. The first-order valence-electron chi connectivity index (χ1n) is 7.14. The molecule has 4 rings (SSSR count). The maximum Gasteiger partial charge on any atom is 0.138 e. The third-order valence-corrected chi connectivity index (χ3v) is 3.74. The molecule has 0 unspecified atom stereocenters. The van der Waals surface area contributed by atoms with Crippen molar-refractivity contribution in [3.63, 3.8) is 0 Å². The summed E-state index contributed by atoms with van der Waals surface area (Å²) in [4.78, 5) is 15.2. The Kier molecular flexibility index (Phi) is 2.96. The second kappa shape index (κ2) is 5.11. The molecular weight excluding hydrogens is 276 g/mol. The summed E-state index contributed by atoms with van der Waals surface area (Å²) in [5, 5.41) is 10.3. The normalized spacial score (nSPS) is 16.7. The maximum atomic E-state index is 10.3. The van der Waals surface area contributed by atoms with Gasteiger partial charge in [-0.15, -0.1) is 0 Å². The first kappa shape index (κ1) is 12.8. The van der Waals surface area contributed by atoms with E-state index in [1.165, 1.54) is 0 Å². The van der Waals surface area contributed by atoms with Gasteiger partial charge in [-0.2, -0.15) is 0 Å². The number of aromatic nitrogens is 1. The number of hydrogen-bond acceptors (Lipinski definition) is 5. The highest BCUT2D eigenvalue weighted by molar-refractivity contribution is 6.19. The number of aliphatic hydroxyl groups is 1. The van der Waals surface area contributed by atoms with Crippen LogP contribution >= 0.6 is 0 Å². The molecule has 0 spiro atoms. The van der Waals surface area contributed by atoms with E-state index in [0.29, 0.717) is 11.4 Å². The van der Waals surface area contributed by atoms with Crippen LogP contribution in [0, 0.1) is 0 Å². The van der Waals surface area contributed by atoms with Gasteiger partial charge in [0.15, 0.2) is 0 Å². The molecule has 1 N–H and O–H groups in total. The summed E-state index contributed by atoms with van der Waals surface area (Å²) in [5.41, 5.74) is 2.64. The minimum absolute atomic E-state index is 0.173. The molecule has 0 aliphatic carbocycles. The standard InChI is InChI=1S/C17H14N4O/c22-15(12-5-7-18-8-6-12)11-16-20-14-4-2-1-3-13(14)17-19-9-10-21(16)17/h1-8,11,22H,9-10H2/b15-11-. The van der Waals surface area contributed by atoms with Gasteiger partial charge in [0.1, 0.15) is 17.4 Å². The minimum Gasteiger partial charge on any atom is -0.507 e. The van der Waals surface area contributed by atoms with Crippen LogP contribution < -0.4 is 0 Å². The molecule has 5 heteroatoms. The molecule has 0 saturated carbocycles. The van der Waals surface area contributed by atoms with Gasteiger partial charge in [0, 0.05) is 36.1 Å². The summed E-state index contributed by atoms with van der Waals surface area (Å²) in [7, 11) is 0. The summed E-state index contributed by atoms with van der Waals surface area (Å²) < 4.78 is 0. The highest BCUT2D eigenvalue weighted by Gasteiger charge is 2.28. The fraction of sp³-hybridized carbons (Fsp3) is 0.118. The van der Waals surface area contributed by atoms with Gasteiger partial charge >= 0.3 is 0 Å². The number of amidine groups is 2. The molecule has 3 heterocycles. The van der Waals surface area contributed by atoms with Crippen molar-refractivity contribution >= 4 is 23.1 Å². The summed E-state index contributed by atoms with van der Waals surface area (Å²) in [6.07, 6.45) is 4.99. The molecule has 2 aliphatic heterocycles. The van der Waals surface area contributed by atoms with E-state index in [-0.39, 0.29) is 5.76 Å². The van der Waals surface area contributed by atoms with Crippen molar-refractivity contribution in [1.29, 1.82) is 0 Å². The van der Waals surface area contributed by atoms with E-state index in [1.54, 1.807) is 30.6 Å². The van der Waals surface area contributed by atoms with Gasteiger partial charge in [-0.05, 0) is 24.3 Å². The third kappa shape index (κ3) is 2.07. The zero-order chi connectivity index (χ0) is 14.9. The van der Waals surface area contributed by atoms with E-state index in [4.69, 9.17) is 0 Å². The molecule has 0 fully saturated rings. The number of aliphatic hydroxyl groups excluding tert-OH is 1. The Hall–Kier alpha value is -2.95. The lowest BCUT2D eigenvalue weighted by atomic mass is 10.1. The third-order valence-electron chi connectivity index (χ3n) is 3.74. The van der Waals surface area contributed by atoms with Gasteiger partial charge in [-0.3, -0.25) is 9.98 Å². The van der Waals surface area contributed by atoms with Crippen LogP contribution in [-0.4, -0.2) is 39.8 Å². The predicted molar refractivity (Wildman–Crippen MR) is 86.5 cm³/mol. The Morgan fingerprint density at radius 1 is 1.14 bits per heavy atom. The van der Waals surface area contributed by atoms with Crippen molar-refractivity contribution in [2.75, 3.05) is 13.1 Å². The molecule has 5 nitrogen and oxygen atoms in total. The zero-order valence-electron chi connectivity index (χ0n) is 11.8. The smallest absolute Gasteiger partial charge is 0.138 e. The topological polar surface area (TPSA) is 61.1 Å². The van der Waals surface area contributed by atoms with Crippen molar-refractivity contribution in [1.82, 2.24) is 9.88 Å². The van der Waals surface area contributed by atoms with E-state index in [0.717, 1.165) is 30.2 Å². The van der Waals surface area contributed by atoms with Gasteiger partial charge in [-0.1, -0.05) is 12.1 Å². The molecule has 22 heavy (non-hydrogen) atoms. The Labute approximate surface area is 128 Å². The average Bonchev–Trinajstić information content (AvgIpc) is 3.06. The van der Waals surface area contributed by atoms with Crippen LogP contribution in [0.15, 0.2) is 64.9 Å². The molecule has 1 aromatic heterocycles. The molecule has 0 radical (unpaired) electrons. The Bertz CT molecular complexity index is 808. The van der Waals surface area contributed by atoms with Crippen LogP contribution in [0.25, 0.3) is 5.76 Å². The Balaban J connectivity index is 1.79. The van der Waals surface area contributed by atoms with E-state index >= 15 is 0 Å². The highest BCUT2D eigenvalue weighted by atomic mass is 16.3. The number of benzene rings is 1. The van der Waals surface area contributed by atoms with Crippen LogP contribution in [0.1, 0.15) is 11.1 Å². The van der Waals surface area contributed by atoms with Crippen molar-refractivity contribution in [2.24, 2.45) is 9.98 Å². The number of fused-ring (bicyclic) bond motifs is 3. The molecule has 0 amide bonds. The molecule has 0 atom stereocenters. The number of hydrogen-bond donors (Lipinski definition) is 1. The summed E-state index contributed by atoms with van der Waals surface area (Å²) in [6.45, 7) is 1.52. The summed E-state index contributed by atoms with van der Waals surface area (Å²) in [5.74, 6) is 1.82. The van der Waals surface area contributed by atoms with E-state index < -0.39 is 0 Å². The number of pyridine rings is 1. The molecule has 2 aliphatic rings. The largest absolute Gasteiger partial charge is 0.507 e. The van der Waals surface area contributed by atoms with Crippen LogP contribution in [0.4, 0.5) is 5.69 Å². The maximum absolute atomic E-state index is 10.3. The molecule has 1 aromatic carbocycles. The van der Waals surface area contributed by atoms with Gasteiger partial charge in [0.05, 0.1) is 12.2 Å². The van der Waals surface area contributed by atoms with Crippen LogP contribution in [-0.2, 0) is 0 Å². The Morgan fingerprint density at radius 3 is 2.82 bits per heavy atom. The molecule has 0 bridgehead atoms. The second-order valence-corrected chi connectivity index (χ2v) is 5.11. The van der Waals surface area contributed by atoms with Gasteiger partial charge in [0.25, 0.3) is 0 Å². The van der Waals surface area contributed by atoms with Crippen LogP contribution in [0.2, 0.25) is 0 Å². The highest BCUT2D eigenvalue weighted by Crippen LogP contribution is 2.29. The van der Waals surface area contributed by atoms with Crippen molar-refractivity contribution in [3.05, 3.63) is 66.0 Å².